The molecule has 0 saturated carbocycles. The molecule has 0 radical (unpaired) electrons. The number of nitrogens with zero attached hydrogens (tertiary/aromatic N) is 3. The smallest absolute Gasteiger partial charge is 0.310 e. The molecular formula is C10H12ClN3O2. The number of anilines is 1. The van der Waals surface area contributed by atoms with E-state index >= 15 is 0 Å². The molecule has 6 heteroatoms. The van der Waals surface area contributed by atoms with E-state index in [1.807, 2.05) is 4.90 Å². The molecule has 0 aromatic carbocycles. The molecule has 1 aromatic rings. The van der Waals surface area contributed by atoms with Gasteiger partial charge in [0.15, 0.2) is 0 Å². The normalized spacial score (nSPS) is 19.9. The second-order valence-corrected chi connectivity index (χ2v) is 4.09. The summed E-state index contributed by atoms with van der Waals surface area (Å²) in [4.78, 5) is 21.5. The van der Waals surface area contributed by atoms with Crippen LogP contribution in [0.3, 0.4) is 0 Å². The number of aromatic nitrogens is 2. The van der Waals surface area contributed by atoms with Gasteiger partial charge >= 0.3 is 5.97 Å². The third kappa shape index (κ3) is 2.24. The largest absolute Gasteiger partial charge is 0.469 e. The van der Waals surface area contributed by atoms with Crippen molar-refractivity contribution in [3.8, 4) is 0 Å². The Kier molecular flexibility index (Phi) is 3.24. The number of methoxy groups -OCH3 is 1. The average molecular weight is 242 g/mol. The first kappa shape index (κ1) is 11.1. The quantitative estimate of drug-likeness (QED) is 0.727. The van der Waals surface area contributed by atoms with E-state index in [0.29, 0.717) is 17.5 Å². The summed E-state index contributed by atoms with van der Waals surface area (Å²) in [5, 5.41) is 0.507. The number of hydrogen-bond acceptors (Lipinski definition) is 5. The number of carbonyl (C=O) groups excluding carboxylic acids is 1. The van der Waals surface area contributed by atoms with Crippen LogP contribution in [0.5, 0.6) is 0 Å². The summed E-state index contributed by atoms with van der Waals surface area (Å²) in [6, 6.07) is 0. The Morgan fingerprint density at radius 1 is 1.56 bits per heavy atom. The fourth-order valence-corrected chi connectivity index (χ4v) is 1.87. The maximum absolute atomic E-state index is 11.3. The molecule has 0 bridgehead atoms. The van der Waals surface area contributed by atoms with Crippen LogP contribution in [0.25, 0.3) is 0 Å². The van der Waals surface area contributed by atoms with Crippen molar-refractivity contribution in [3.63, 3.8) is 0 Å². The highest BCUT2D eigenvalue weighted by Gasteiger charge is 2.30. The maximum atomic E-state index is 11.3. The van der Waals surface area contributed by atoms with E-state index in [2.05, 4.69) is 9.97 Å². The van der Waals surface area contributed by atoms with Crippen molar-refractivity contribution < 1.29 is 9.53 Å². The van der Waals surface area contributed by atoms with Crippen molar-refractivity contribution in [2.24, 2.45) is 5.92 Å². The lowest BCUT2D eigenvalue weighted by Gasteiger charge is -2.15. The summed E-state index contributed by atoms with van der Waals surface area (Å²) in [7, 11) is 1.41. The number of ether oxygens (including phenoxy) is 1. The Morgan fingerprint density at radius 2 is 2.25 bits per heavy atom. The van der Waals surface area contributed by atoms with Gasteiger partial charge in [-0.3, -0.25) is 4.79 Å². The lowest BCUT2D eigenvalue weighted by molar-refractivity contribution is -0.144. The minimum Gasteiger partial charge on any atom is -0.469 e. The van der Waals surface area contributed by atoms with Gasteiger partial charge in [0, 0.05) is 13.1 Å². The van der Waals surface area contributed by atoms with Gasteiger partial charge in [-0.1, -0.05) is 11.6 Å². The van der Waals surface area contributed by atoms with Gasteiger partial charge in [-0.05, 0) is 6.42 Å². The minimum absolute atomic E-state index is 0.0794. The fraction of sp³-hybridized carbons (Fsp3) is 0.500. The van der Waals surface area contributed by atoms with E-state index in [1.54, 1.807) is 12.4 Å². The number of carbonyl (C=O) groups is 1. The molecular weight excluding hydrogens is 230 g/mol. The topological polar surface area (TPSA) is 55.3 Å². The van der Waals surface area contributed by atoms with Gasteiger partial charge in [0.2, 0.25) is 5.95 Å². The van der Waals surface area contributed by atoms with Crippen LogP contribution < -0.4 is 4.90 Å². The highest BCUT2D eigenvalue weighted by Crippen LogP contribution is 2.21. The molecule has 1 atom stereocenters. The summed E-state index contributed by atoms with van der Waals surface area (Å²) in [5.74, 6) is 0.358. The van der Waals surface area contributed by atoms with Crippen molar-refractivity contribution >= 4 is 23.5 Å². The Morgan fingerprint density at radius 3 is 2.88 bits per heavy atom. The summed E-state index contributed by atoms with van der Waals surface area (Å²) < 4.78 is 4.71. The predicted molar refractivity (Wildman–Crippen MR) is 59.4 cm³/mol. The van der Waals surface area contributed by atoms with Gasteiger partial charge < -0.3 is 9.64 Å². The highest BCUT2D eigenvalue weighted by atomic mass is 35.5. The predicted octanol–water partition coefficient (Wildman–Crippen LogP) is 1.13. The van der Waals surface area contributed by atoms with Gasteiger partial charge in [-0.25, -0.2) is 9.97 Å². The van der Waals surface area contributed by atoms with E-state index in [4.69, 9.17) is 16.3 Å². The summed E-state index contributed by atoms with van der Waals surface area (Å²) in [6.45, 7) is 1.37. The Hall–Kier alpha value is -1.36. The van der Waals surface area contributed by atoms with Crippen molar-refractivity contribution in [1.82, 2.24) is 9.97 Å². The van der Waals surface area contributed by atoms with Crippen LogP contribution >= 0.6 is 11.6 Å². The highest BCUT2D eigenvalue weighted by molar-refractivity contribution is 6.30. The number of halogens is 1. The molecule has 2 heterocycles. The minimum atomic E-state index is -0.170. The molecule has 2 rings (SSSR count). The van der Waals surface area contributed by atoms with Crippen molar-refractivity contribution in [3.05, 3.63) is 17.4 Å². The van der Waals surface area contributed by atoms with Gasteiger partial charge in [-0.2, -0.15) is 0 Å². The Balaban J connectivity index is 2.03. The zero-order valence-electron chi connectivity index (χ0n) is 8.89. The van der Waals surface area contributed by atoms with Crippen molar-refractivity contribution in [1.29, 1.82) is 0 Å². The molecule has 5 nitrogen and oxygen atoms in total. The van der Waals surface area contributed by atoms with E-state index in [0.717, 1.165) is 13.0 Å². The van der Waals surface area contributed by atoms with Crippen LogP contribution in [-0.4, -0.2) is 36.1 Å². The molecule has 1 saturated heterocycles. The molecule has 0 amide bonds. The third-order valence-corrected chi connectivity index (χ3v) is 2.81. The number of esters is 1. The SMILES string of the molecule is COC(=O)C1CCN(c2ncc(Cl)cn2)C1. The maximum Gasteiger partial charge on any atom is 0.310 e. The van der Waals surface area contributed by atoms with E-state index in [-0.39, 0.29) is 11.9 Å². The molecule has 1 aliphatic rings. The van der Waals surface area contributed by atoms with Crippen LogP contribution in [0.2, 0.25) is 5.02 Å². The summed E-state index contributed by atoms with van der Waals surface area (Å²) in [6.07, 6.45) is 3.88. The lowest BCUT2D eigenvalue weighted by Crippen LogP contribution is -2.24. The third-order valence-electron chi connectivity index (χ3n) is 2.61. The van der Waals surface area contributed by atoms with Gasteiger partial charge in [0.25, 0.3) is 0 Å². The fourth-order valence-electron chi connectivity index (χ4n) is 1.77. The van der Waals surface area contributed by atoms with E-state index < -0.39 is 0 Å². The van der Waals surface area contributed by atoms with Crippen LogP contribution in [0.1, 0.15) is 6.42 Å². The first-order valence-corrected chi connectivity index (χ1v) is 5.39. The van der Waals surface area contributed by atoms with E-state index in [9.17, 15) is 4.79 Å². The monoisotopic (exact) mass is 241 g/mol. The van der Waals surface area contributed by atoms with E-state index in [1.165, 1.54) is 7.11 Å². The lowest BCUT2D eigenvalue weighted by atomic mass is 10.1. The zero-order valence-corrected chi connectivity index (χ0v) is 9.65. The molecule has 1 aromatic heterocycles. The summed E-state index contributed by atoms with van der Waals surface area (Å²) >= 11 is 5.70. The van der Waals surface area contributed by atoms with Gasteiger partial charge in [0.05, 0.1) is 30.4 Å². The molecule has 1 unspecified atom stereocenters. The molecule has 1 aliphatic heterocycles. The van der Waals surface area contributed by atoms with Crippen molar-refractivity contribution in [2.75, 3.05) is 25.1 Å². The van der Waals surface area contributed by atoms with Crippen LogP contribution in [0, 0.1) is 5.92 Å². The molecule has 1 fully saturated rings. The Labute approximate surface area is 98.4 Å². The van der Waals surface area contributed by atoms with Gasteiger partial charge in [-0.15, -0.1) is 0 Å². The van der Waals surface area contributed by atoms with Crippen molar-refractivity contribution in [2.45, 2.75) is 6.42 Å². The number of hydrogen-bond donors (Lipinski definition) is 0. The first-order chi connectivity index (χ1) is 7.70. The standard InChI is InChI=1S/C10H12ClN3O2/c1-16-9(15)7-2-3-14(6-7)10-12-4-8(11)5-13-10/h4-5,7H,2-3,6H2,1H3. The molecule has 86 valence electrons. The molecule has 0 spiro atoms. The molecule has 16 heavy (non-hydrogen) atoms. The first-order valence-electron chi connectivity index (χ1n) is 5.01. The van der Waals surface area contributed by atoms with Gasteiger partial charge in [0.1, 0.15) is 0 Å². The van der Waals surface area contributed by atoms with Crippen LogP contribution in [0.15, 0.2) is 12.4 Å². The van der Waals surface area contributed by atoms with Crippen LogP contribution in [-0.2, 0) is 9.53 Å². The second kappa shape index (κ2) is 4.65. The van der Waals surface area contributed by atoms with Crippen LogP contribution in [0.4, 0.5) is 5.95 Å². The molecule has 0 N–H and O–H groups in total. The number of rotatable bonds is 2. The Bertz CT molecular complexity index is 382. The molecule has 0 aliphatic carbocycles. The average Bonchev–Trinajstić information content (AvgIpc) is 2.78. The summed E-state index contributed by atoms with van der Waals surface area (Å²) in [5.41, 5.74) is 0. The zero-order chi connectivity index (χ0) is 11.5. The second-order valence-electron chi connectivity index (χ2n) is 3.66.